The lowest BCUT2D eigenvalue weighted by molar-refractivity contribution is -0.114. The van der Waals surface area contributed by atoms with Crippen LogP contribution in [0, 0.1) is 5.82 Å². The highest BCUT2D eigenvalue weighted by molar-refractivity contribution is 5.88. The van der Waals surface area contributed by atoms with Crippen LogP contribution in [0.5, 0.6) is 0 Å². The van der Waals surface area contributed by atoms with Gasteiger partial charge < -0.3 is 5.32 Å². The van der Waals surface area contributed by atoms with Crippen LogP contribution in [0.25, 0.3) is 0 Å². The van der Waals surface area contributed by atoms with E-state index < -0.39 is 0 Å². The van der Waals surface area contributed by atoms with Gasteiger partial charge in [-0.15, -0.1) is 0 Å². The molecule has 1 N–H and O–H groups in total. The van der Waals surface area contributed by atoms with Crippen LogP contribution in [0.1, 0.15) is 42.4 Å². The fraction of sp³-hybridized carbons (Fsp3) is 0.238. The van der Waals surface area contributed by atoms with Crippen molar-refractivity contribution in [2.75, 3.05) is 5.32 Å². The Bertz CT molecular complexity index is 913. The van der Waals surface area contributed by atoms with Gasteiger partial charge in [-0.1, -0.05) is 19.1 Å². The van der Waals surface area contributed by atoms with Crippen LogP contribution in [0.4, 0.5) is 10.1 Å². The van der Waals surface area contributed by atoms with Crippen molar-refractivity contribution < 1.29 is 9.18 Å². The van der Waals surface area contributed by atoms with Gasteiger partial charge >= 0.3 is 0 Å². The molecule has 0 saturated heterocycles. The maximum atomic E-state index is 13.1. The highest BCUT2D eigenvalue weighted by Crippen LogP contribution is 2.22. The first-order valence-corrected chi connectivity index (χ1v) is 8.77. The third-order valence-electron chi connectivity index (χ3n) is 4.19. The summed E-state index contributed by atoms with van der Waals surface area (Å²) in [6, 6.07) is 10.2. The maximum absolute atomic E-state index is 13.1. The van der Waals surface area contributed by atoms with Crippen LogP contribution < -0.4 is 5.32 Å². The number of hydrogen-bond acceptors (Lipinski definition) is 4. The van der Waals surface area contributed by atoms with Crippen molar-refractivity contribution in [3.8, 4) is 0 Å². The van der Waals surface area contributed by atoms with Crippen molar-refractivity contribution >= 4 is 11.6 Å². The first kappa shape index (κ1) is 18.6. The zero-order valence-electron chi connectivity index (χ0n) is 15.3. The van der Waals surface area contributed by atoms with Crippen LogP contribution in [-0.2, 0) is 17.6 Å². The number of benzene rings is 1. The molecular weight excluding hydrogens is 343 g/mol. The number of amides is 1. The van der Waals surface area contributed by atoms with E-state index in [1.54, 1.807) is 30.7 Å². The SMILES string of the molecule is CC(=O)Nc1cc(Cc2cnccn2)nc(C[C@@H](C)c2ccc(F)cc2)c1. The Balaban J connectivity index is 1.85. The molecule has 0 saturated carbocycles. The molecule has 6 heteroatoms. The average molecular weight is 364 g/mol. The highest BCUT2D eigenvalue weighted by Gasteiger charge is 2.11. The number of carbonyl (C=O) groups is 1. The molecule has 0 spiro atoms. The minimum Gasteiger partial charge on any atom is -0.326 e. The lowest BCUT2D eigenvalue weighted by Gasteiger charge is -2.14. The lowest BCUT2D eigenvalue weighted by Crippen LogP contribution is -2.09. The molecule has 0 unspecified atom stereocenters. The molecule has 3 aromatic rings. The first-order chi connectivity index (χ1) is 13.0. The van der Waals surface area contributed by atoms with E-state index in [4.69, 9.17) is 4.98 Å². The van der Waals surface area contributed by atoms with Gasteiger partial charge in [0.2, 0.25) is 5.91 Å². The molecule has 0 radical (unpaired) electrons. The quantitative estimate of drug-likeness (QED) is 0.720. The summed E-state index contributed by atoms with van der Waals surface area (Å²) in [6.07, 6.45) is 6.17. The minimum atomic E-state index is -0.247. The van der Waals surface area contributed by atoms with Crippen molar-refractivity contribution in [3.63, 3.8) is 0 Å². The Morgan fingerprint density at radius 2 is 1.85 bits per heavy atom. The average Bonchev–Trinajstić information content (AvgIpc) is 2.62. The van der Waals surface area contributed by atoms with Gasteiger partial charge in [-0.3, -0.25) is 19.7 Å². The third kappa shape index (κ3) is 5.41. The molecule has 1 aromatic carbocycles. The van der Waals surface area contributed by atoms with E-state index in [0.29, 0.717) is 18.5 Å². The normalized spacial score (nSPS) is 11.8. The van der Waals surface area contributed by atoms with Gasteiger partial charge in [-0.2, -0.15) is 0 Å². The molecule has 5 nitrogen and oxygen atoms in total. The van der Waals surface area contributed by atoms with Gasteiger partial charge in [0.25, 0.3) is 0 Å². The molecule has 0 aliphatic carbocycles. The summed E-state index contributed by atoms with van der Waals surface area (Å²) >= 11 is 0. The molecule has 138 valence electrons. The summed E-state index contributed by atoms with van der Waals surface area (Å²) in [7, 11) is 0. The van der Waals surface area contributed by atoms with Crippen LogP contribution in [0.2, 0.25) is 0 Å². The molecule has 1 atom stereocenters. The van der Waals surface area contributed by atoms with Crippen molar-refractivity contribution in [2.45, 2.75) is 32.6 Å². The van der Waals surface area contributed by atoms with Crippen molar-refractivity contribution in [2.24, 2.45) is 0 Å². The van der Waals surface area contributed by atoms with E-state index >= 15 is 0 Å². The predicted octanol–water partition coefficient (Wildman–Crippen LogP) is 3.91. The van der Waals surface area contributed by atoms with Crippen molar-refractivity contribution in [1.82, 2.24) is 15.0 Å². The van der Waals surface area contributed by atoms with Crippen LogP contribution in [-0.4, -0.2) is 20.9 Å². The lowest BCUT2D eigenvalue weighted by atomic mass is 9.95. The predicted molar refractivity (Wildman–Crippen MR) is 102 cm³/mol. The monoisotopic (exact) mass is 364 g/mol. The fourth-order valence-electron chi connectivity index (χ4n) is 2.95. The van der Waals surface area contributed by atoms with Crippen LogP contribution in [0.15, 0.2) is 55.0 Å². The topological polar surface area (TPSA) is 67.8 Å². The molecule has 0 fully saturated rings. The molecule has 3 rings (SSSR count). The molecule has 0 bridgehead atoms. The Kier molecular flexibility index (Phi) is 5.86. The standard InChI is InChI=1S/C21H21FN4O/c1-14(16-3-5-17(22)6-4-16)9-18-10-19(25-15(2)27)11-20(26-18)12-21-13-23-7-8-24-21/h3-8,10-11,13-14H,9,12H2,1-2H3,(H,25,26,27)/t14-/m1/s1. The summed E-state index contributed by atoms with van der Waals surface area (Å²) < 4.78 is 13.1. The summed E-state index contributed by atoms with van der Waals surface area (Å²) in [4.78, 5) is 24.6. The number of nitrogens with zero attached hydrogens (tertiary/aromatic N) is 3. The second-order valence-corrected chi connectivity index (χ2v) is 6.55. The minimum absolute atomic E-state index is 0.135. The summed E-state index contributed by atoms with van der Waals surface area (Å²) in [6.45, 7) is 3.55. The molecule has 2 heterocycles. The van der Waals surface area contributed by atoms with E-state index in [-0.39, 0.29) is 17.6 Å². The number of anilines is 1. The zero-order chi connectivity index (χ0) is 19.2. The number of pyridine rings is 1. The number of nitrogens with one attached hydrogen (secondary N) is 1. The number of carbonyl (C=O) groups excluding carboxylic acids is 1. The van der Waals surface area contributed by atoms with Gasteiger partial charge in [0.05, 0.1) is 5.69 Å². The van der Waals surface area contributed by atoms with E-state index in [1.807, 2.05) is 12.1 Å². The Labute approximate surface area is 157 Å². The zero-order valence-corrected chi connectivity index (χ0v) is 15.3. The van der Waals surface area contributed by atoms with Gasteiger partial charge in [-0.25, -0.2) is 4.39 Å². The summed E-state index contributed by atoms with van der Waals surface area (Å²) in [5.41, 5.74) is 4.22. The largest absolute Gasteiger partial charge is 0.326 e. The fourth-order valence-corrected chi connectivity index (χ4v) is 2.95. The van der Waals surface area contributed by atoms with Gasteiger partial charge in [0.1, 0.15) is 5.82 Å². The van der Waals surface area contributed by atoms with Crippen molar-refractivity contribution in [1.29, 1.82) is 0 Å². The molecular formula is C21H21FN4O. The summed E-state index contributed by atoms with van der Waals surface area (Å²) in [5.74, 6) is -0.220. The van der Waals surface area contributed by atoms with E-state index in [2.05, 4.69) is 22.2 Å². The van der Waals surface area contributed by atoms with Gasteiger partial charge in [0.15, 0.2) is 0 Å². The number of hydrogen-bond donors (Lipinski definition) is 1. The van der Waals surface area contributed by atoms with Crippen LogP contribution in [0.3, 0.4) is 0 Å². The number of rotatable bonds is 6. The van der Waals surface area contributed by atoms with Crippen molar-refractivity contribution in [3.05, 3.63) is 83.5 Å². The van der Waals surface area contributed by atoms with E-state index in [0.717, 1.165) is 22.6 Å². The molecule has 1 amide bonds. The van der Waals surface area contributed by atoms with E-state index in [1.165, 1.54) is 19.1 Å². The third-order valence-corrected chi connectivity index (χ3v) is 4.19. The molecule has 27 heavy (non-hydrogen) atoms. The van der Waals surface area contributed by atoms with Crippen LogP contribution >= 0.6 is 0 Å². The Morgan fingerprint density at radius 1 is 1.11 bits per heavy atom. The Hall–Kier alpha value is -3.15. The molecule has 0 aliphatic heterocycles. The van der Waals surface area contributed by atoms with Gasteiger partial charge in [-0.05, 0) is 42.2 Å². The second kappa shape index (κ2) is 8.49. The first-order valence-electron chi connectivity index (χ1n) is 8.77. The molecule has 0 aliphatic rings. The highest BCUT2D eigenvalue weighted by atomic mass is 19.1. The van der Waals surface area contributed by atoms with Gasteiger partial charge in [0, 0.05) is 49.0 Å². The number of halogens is 1. The number of aromatic nitrogens is 3. The second-order valence-electron chi connectivity index (χ2n) is 6.55. The molecule has 2 aromatic heterocycles. The van der Waals surface area contributed by atoms with E-state index in [9.17, 15) is 9.18 Å². The summed E-state index contributed by atoms with van der Waals surface area (Å²) in [5, 5.41) is 2.83. The smallest absolute Gasteiger partial charge is 0.221 e. The Morgan fingerprint density at radius 3 is 2.52 bits per heavy atom. The maximum Gasteiger partial charge on any atom is 0.221 e.